The highest BCUT2D eigenvalue weighted by atomic mass is 16.5. The summed E-state index contributed by atoms with van der Waals surface area (Å²) in [5.74, 6) is 0. The third-order valence-corrected chi connectivity index (χ3v) is 2.25. The summed E-state index contributed by atoms with van der Waals surface area (Å²) in [4.78, 5) is 14.2. The summed E-state index contributed by atoms with van der Waals surface area (Å²) in [6, 6.07) is 10.0. The van der Waals surface area contributed by atoms with Crippen molar-refractivity contribution in [1.29, 1.82) is 0 Å². The lowest BCUT2D eigenvalue weighted by Crippen LogP contribution is -1.96. The zero-order chi connectivity index (χ0) is 10.5. The molecule has 0 radical (unpaired) electrons. The van der Waals surface area contributed by atoms with Crippen molar-refractivity contribution in [3.05, 3.63) is 42.1 Å². The van der Waals surface area contributed by atoms with E-state index in [0.717, 1.165) is 22.9 Å². The fourth-order valence-electron chi connectivity index (χ4n) is 1.49. The van der Waals surface area contributed by atoms with Crippen LogP contribution in [-0.2, 0) is 16.0 Å². The molecule has 0 saturated carbocycles. The SMILES string of the molecule is O=COCCc1ccc2cccnc2c1. The first-order valence-corrected chi connectivity index (χ1v) is 4.79. The van der Waals surface area contributed by atoms with Crippen LogP contribution in [0.1, 0.15) is 5.56 Å². The molecule has 0 saturated heterocycles. The topological polar surface area (TPSA) is 39.2 Å². The summed E-state index contributed by atoms with van der Waals surface area (Å²) in [7, 11) is 0. The summed E-state index contributed by atoms with van der Waals surface area (Å²) in [5, 5.41) is 1.12. The smallest absolute Gasteiger partial charge is 0.293 e. The fourth-order valence-corrected chi connectivity index (χ4v) is 1.49. The third kappa shape index (κ3) is 2.31. The van der Waals surface area contributed by atoms with Gasteiger partial charge in [0.2, 0.25) is 0 Å². The Morgan fingerprint density at radius 3 is 3.13 bits per heavy atom. The van der Waals surface area contributed by atoms with Gasteiger partial charge in [0.1, 0.15) is 0 Å². The summed E-state index contributed by atoms with van der Waals surface area (Å²) >= 11 is 0. The van der Waals surface area contributed by atoms with E-state index in [2.05, 4.69) is 9.72 Å². The van der Waals surface area contributed by atoms with Gasteiger partial charge in [0.25, 0.3) is 6.47 Å². The molecule has 0 fully saturated rings. The molecule has 1 aromatic carbocycles. The summed E-state index contributed by atoms with van der Waals surface area (Å²) in [6.07, 6.45) is 2.50. The maximum atomic E-state index is 9.97. The second-order valence-corrected chi connectivity index (χ2v) is 3.25. The molecule has 0 N–H and O–H groups in total. The zero-order valence-electron chi connectivity index (χ0n) is 8.22. The maximum absolute atomic E-state index is 9.97. The van der Waals surface area contributed by atoms with E-state index in [1.807, 2.05) is 30.3 Å². The molecule has 76 valence electrons. The van der Waals surface area contributed by atoms with Crippen molar-refractivity contribution in [2.45, 2.75) is 6.42 Å². The first kappa shape index (κ1) is 9.65. The average molecular weight is 201 g/mol. The number of nitrogens with zero attached hydrogens (tertiary/aromatic N) is 1. The highest BCUT2D eigenvalue weighted by molar-refractivity contribution is 5.78. The van der Waals surface area contributed by atoms with Gasteiger partial charge in [-0.05, 0) is 17.7 Å². The normalized spacial score (nSPS) is 10.1. The van der Waals surface area contributed by atoms with Gasteiger partial charge >= 0.3 is 0 Å². The molecule has 0 atom stereocenters. The molecule has 2 aromatic rings. The van der Waals surface area contributed by atoms with E-state index in [9.17, 15) is 4.79 Å². The van der Waals surface area contributed by atoms with Crippen molar-refractivity contribution < 1.29 is 9.53 Å². The van der Waals surface area contributed by atoms with E-state index in [4.69, 9.17) is 0 Å². The van der Waals surface area contributed by atoms with Crippen LogP contribution >= 0.6 is 0 Å². The molecule has 0 aliphatic carbocycles. The van der Waals surface area contributed by atoms with Crippen LogP contribution in [0.2, 0.25) is 0 Å². The number of fused-ring (bicyclic) bond motifs is 1. The van der Waals surface area contributed by atoms with Gasteiger partial charge in [-0.3, -0.25) is 9.78 Å². The molecule has 1 heterocycles. The molecule has 15 heavy (non-hydrogen) atoms. The van der Waals surface area contributed by atoms with E-state index < -0.39 is 0 Å². The molecule has 0 aliphatic heterocycles. The number of carbonyl (C=O) groups excluding carboxylic acids is 1. The Labute approximate surface area is 87.7 Å². The van der Waals surface area contributed by atoms with Gasteiger partial charge in [-0.1, -0.05) is 18.2 Å². The Hall–Kier alpha value is -1.90. The Balaban J connectivity index is 2.19. The van der Waals surface area contributed by atoms with Crippen molar-refractivity contribution in [3.63, 3.8) is 0 Å². The fraction of sp³-hybridized carbons (Fsp3) is 0.167. The number of aromatic nitrogens is 1. The molecule has 3 nitrogen and oxygen atoms in total. The number of ether oxygens (including phenoxy) is 1. The number of benzene rings is 1. The van der Waals surface area contributed by atoms with Crippen molar-refractivity contribution >= 4 is 17.4 Å². The molecule has 0 aliphatic rings. The lowest BCUT2D eigenvalue weighted by molar-refractivity contribution is -0.128. The first-order valence-electron chi connectivity index (χ1n) is 4.79. The van der Waals surface area contributed by atoms with Gasteiger partial charge in [0, 0.05) is 18.0 Å². The summed E-state index contributed by atoms with van der Waals surface area (Å²) in [6.45, 7) is 0.890. The van der Waals surface area contributed by atoms with Crippen molar-refractivity contribution in [3.8, 4) is 0 Å². The van der Waals surface area contributed by atoms with Crippen LogP contribution in [0.15, 0.2) is 36.5 Å². The standard InChI is InChI=1S/C12H11NO2/c14-9-15-7-5-10-3-4-11-2-1-6-13-12(11)8-10/h1-4,6,8-9H,5,7H2. The minimum Gasteiger partial charge on any atom is -0.468 e. The molecule has 0 bridgehead atoms. The van der Waals surface area contributed by atoms with Crippen LogP contribution < -0.4 is 0 Å². The highest BCUT2D eigenvalue weighted by Gasteiger charge is 1.97. The van der Waals surface area contributed by atoms with Gasteiger partial charge in [-0.2, -0.15) is 0 Å². The predicted octanol–water partition coefficient (Wildman–Crippen LogP) is 1.95. The van der Waals surface area contributed by atoms with Crippen LogP contribution in [0, 0.1) is 0 Å². The van der Waals surface area contributed by atoms with Crippen LogP contribution in [0.3, 0.4) is 0 Å². The van der Waals surface area contributed by atoms with Crippen LogP contribution in [0.5, 0.6) is 0 Å². The van der Waals surface area contributed by atoms with E-state index >= 15 is 0 Å². The van der Waals surface area contributed by atoms with Crippen molar-refractivity contribution in [2.24, 2.45) is 0 Å². The maximum Gasteiger partial charge on any atom is 0.293 e. The monoisotopic (exact) mass is 201 g/mol. The Bertz CT molecular complexity index is 468. The molecule has 3 heteroatoms. The lowest BCUT2D eigenvalue weighted by Gasteiger charge is -2.02. The van der Waals surface area contributed by atoms with E-state index in [1.54, 1.807) is 6.20 Å². The van der Waals surface area contributed by atoms with E-state index in [0.29, 0.717) is 13.1 Å². The molecule has 2 rings (SSSR count). The van der Waals surface area contributed by atoms with Gasteiger partial charge in [-0.15, -0.1) is 0 Å². The second kappa shape index (κ2) is 4.55. The minimum absolute atomic E-state index is 0.418. The van der Waals surface area contributed by atoms with Gasteiger partial charge in [0.05, 0.1) is 12.1 Å². The Kier molecular flexibility index (Phi) is 2.93. The number of carbonyl (C=O) groups is 1. The zero-order valence-corrected chi connectivity index (χ0v) is 8.22. The number of hydrogen-bond acceptors (Lipinski definition) is 3. The molecular formula is C12H11NO2. The molecule has 0 spiro atoms. The van der Waals surface area contributed by atoms with Gasteiger partial charge in [0.15, 0.2) is 0 Å². The lowest BCUT2D eigenvalue weighted by atomic mass is 10.1. The molecule has 0 amide bonds. The second-order valence-electron chi connectivity index (χ2n) is 3.25. The third-order valence-electron chi connectivity index (χ3n) is 2.25. The quantitative estimate of drug-likeness (QED) is 0.560. The van der Waals surface area contributed by atoms with Crippen LogP contribution in [0.25, 0.3) is 10.9 Å². The predicted molar refractivity (Wildman–Crippen MR) is 57.5 cm³/mol. The van der Waals surface area contributed by atoms with Crippen molar-refractivity contribution in [2.75, 3.05) is 6.61 Å². The van der Waals surface area contributed by atoms with Gasteiger partial charge < -0.3 is 4.74 Å². The number of rotatable bonds is 4. The largest absolute Gasteiger partial charge is 0.468 e. The molecule has 0 unspecified atom stereocenters. The minimum atomic E-state index is 0.418. The van der Waals surface area contributed by atoms with Crippen molar-refractivity contribution in [1.82, 2.24) is 4.98 Å². The van der Waals surface area contributed by atoms with Crippen LogP contribution in [-0.4, -0.2) is 18.1 Å². The average Bonchev–Trinajstić information content (AvgIpc) is 2.29. The Morgan fingerprint density at radius 2 is 2.27 bits per heavy atom. The van der Waals surface area contributed by atoms with Gasteiger partial charge in [-0.25, -0.2) is 0 Å². The van der Waals surface area contributed by atoms with E-state index in [-0.39, 0.29) is 0 Å². The number of pyridine rings is 1. The first-order chi connectivity index (χ1) is 7.40. The molecular weight excluding hydrogens is 190 g/mol. The number of hydrogen-bond donors (Lipinski definition) is 0. The van der Waals surface area contributed by atoms with E-state index in [1.165, 1.54) is 0 Å². The summed E-state index contributed by atoms with van der Waals surface area (Å²) in [5.41, 5.74) is 2.10. The highest BCUT2D eigenvalue weighted by Crippen LogP contribution is 2.13. The van der Waals surface area contributed by atoms with Crippen LogP contribution in [0.4, 0.5) is 0 Å². The summed E-state index contributed by atoms with van der Waals surface area (Å²) < 4.78 is 4.65. The Morgan fingerprint density at radius 1 is 1.33 bits per heavy atom. The molecule has 1 aromatic heterocycles.